The first-order valence-corrected chi connectivity index (χ1v) is 5.99. The Morgan fingerprint density at radius 2 is 1.95 bits per heavy atom. The third kappa shape index (κ3) is 2.83. The van der Waals surface area contributed by atoms with Crippen LogP contribution in [-0.2, 0) is 6.61 Å². The molecule has 2 aromatic rings. The molecular formula is C14H10ClFO4. The van der Waals surface area contributed by atoms with Gasteiger partial charge in [0.05, 0.1) is 0 Å². The van der Waals surface area contributed by atoms with E-state index >= 15 is 0 Å². The number of phenols is 1. The van der Waals surface area contributed by atoms with Crippen molar-refractivity contribution >= 4 is 17.6 Å². The van der Waals surface area contributed by atoms with Crippen molar-refractivity contribution in [3.05, 3.63) is 58.4 Å². The molecule has 2 aromatic carbocycles. The van der Waals surface area contributed by atoms with Gasteiger partial charge in [-0.05, 0) is 5.56 Å². The molecule has 0 fully saturated rings. The molecule has 4 nitrogen and oxygen atoms in total. The van der Waals surface area contributed by atoms with E-state index in [4.69, 9.17) is 21.4 Å². The van der Waals surface area contributed by atoms with E-state index in [0.717, 1.165) is 11.6 Å². The Morgan fingerprint density at radius 3 is 2.55 bits per heavy atom. The first-order valence-electron chi connectivity index (χ1n) is 5.61. The second kappa shape index (κ2) is 5.79. The highest BCUT2D eigenvalue weighted by Crippen LogP contribution is 2.38. The summed E-state index contributed by atoms with van der Waals surface area (Å²) in [6.45, 7) is 0.0927. The molecule has 0 heterocycles. The fourth-order valence-corrected chi connectivity index (χ4v) is 1.79. The smallest absolute Gasteiger partial charge is 0.338 e. The van der Waals surface area contributed by atoms with Crippen LogP contribution in [0.1, 0.15) is 15.9 Å². The van der Waals surface area contributed by atoms with Crippen LogP contribution in [0.25, 0.3) is 0 Å². The second-order valence-electron chi connectivity index (χ2n) is 3.98. The van der Waals surface area contributed by atoms with E-state index in [-0.39, 0.29) is 12.4 Å². The summed E-state index contributed by atoms with van der Waals surface area (Å²) >= 11 is 5.55. The van der Waals surface area contributed by atoms with Gasteiger partial charge in [0.25, 0.3) is 0 Å². The fourth-order valence-electron chi connectivity index (χ4n) is 1.59. The quantitative estimate of drug-likeness (QED) is 0.906. The molecule has 0 radical (unpaired) electrons. The summed E-state index contributed by atoms with van der Waals surface area (Å²) in [7, 11) is 0. The Labute approximate surface area is 119 Å². The van der Waals surface area contributed by atoms with Gasteiger partial charge in [-0.25, -0.2) is 9.18 Å². The number of benzene rings is 2. The number of rotatable bonds is 4. The summed E-state index contributed by atoms with van der Waals surface area (Å²) in [6.07, 6.45) is 0. The summed E-state index contributed by atoms with van der Waals surface area (Å²) in [4.78, 5) is 10.9. The van der Waals surface area contributed by atoms with Crippen molar-refractivity contribution in [2.24, 2.45) is 0 Å². The number of halogens is 2. The molecule has 2 N–H and O–H groups in total. The molecule has 2 rings (SSSR count). The van der Waals surface area contributed by atoms with Crippen LogP contribution in [0.15, 0.2) is 36.4 Å². The number of phenolic OH excluding ortho intramolecular Hbond substituents is 1. The summed E-state index contributed by atoms with van der Waals surface area (Å²) < 4.78 is 18.8. The second-order valence-corrected chi connectivity index (χ2v) is 4.36. The average molecular weight is 297 g/mol. The zero-order valence-corrected chi connectivity index (χ0v) is 10.9. The summed E-state index contributed by atoms with van der Waals surface area (Å²) in [5.74, 6) is -3.49. The summed E-state index contributed by atoms with van der Waals surface area (Å²) in [5.41, 5.74) is 0.153. The fraction of sp³-hybridized carbons (Fsp3) is 0.0714. The van der Waals surface area contributed by atoms with Gasteiger partial charge < -0.3 is 14.9 Å². The Balaban J connectivity index is 2.30. The predicted molar refractivity (Wildman–Crippen MR) is 70.8 cm³/mol. The number of ether oxygens (including phenoxy) is 1. The minimum Gasteiger partial charge on any atom is -0.503 e. The van der Waals surface area contributed by atoms with E-state index in [0.29, 0.717) is 0 Å². The van der Waals surface area contributed by atoms with Crippen LogP contribution < -0.4 is 4.74 Å². The van der Waals surface area contributed by atoms with Crippen LogP contribution in [0.4, 0.5) is 4.39 Å². The van der Waals surface area contributed by atoms with Gasteiger partial charge >= 0.3 is 5.97 Å². The maximum atomic E-state index is 13.5. The van der Waals surface area contributed by atoms with Crippen molar-refractivity contribution in [3.63, 3.8) is 0 Å². The highest BCUT2D eigenvalue weighted by molar-refractivity contribution is 6.32. The van der Waals surface area contributed by atoms with Crippen LogP contribution in [0.2, 0.25) is 5.02 Å². The Hall–Kier alpha value is -2.27. The topological polar surface area (TPSA) is 66.8 Å². The van der Waals surface area contributed by atoms with E-state index in [1.165, 1.54) is 0 Å². The van der Waals surface area contributed by atoms with Gasteiger partial charge in [0.1, 0.15) is 17.2 Å². The Bertz CT molecular complexity index is 643. The largest absolute Gasteiger partial charge is 0.503 e. The van der Waals surface area contributed by atoms with Crippen molar-refractivity contribution in [2.45, 2.75) is 6.61 Å². The SMILES string of the molecule is O=C(O)c1cc(OCc2ccccc2)c(O)c(Cl)c1F. The summed E-state index contributed by atoms with van der Waals surface area (Å²) in [5, 5.41) is 17.9. The molecule has 0 amide bonds. The monoisotopic (exact) mass is 296 g/mol. The average Bonchev–Trinajstić information content (AvgIpc) is 2.45. The lowest BCUT2D eigenvalue weighted by Crippen LogP contribution is -2.04. The maximum absolute atomic E-state index is 13.5. The van der Waals surface area contributed by atoms with E-state index in [9.17, 15) is 14.3 Å². The molecule has 0 aliphatic carbocycles. The van der Waals surface area contributed by atoms with Crippen molar-refractivity contribution in [1.82, 2.24) is 0 Å². The normalized spacial score (nSPS) is 10.3. The van der Waals surface area contributed by atoms with Crippen LogP contribution >= 0.6 is 11.6 Å². The molecule has 0 saturated carbocycles. The third-order valence-corrected chi connectivity index (χ3v) is 2.96. The number of aromatic carboxylic acids is 1. The van der Waals surface area contributed by atoms with Gasteiger partial charge in [-0.2, -0.15) is 0 Å². The lowest BCUT2D eigenvalue weighted by molar-refractivity contribution is 0.0691. The molecule has 0 bridgehead atoms. The first kappa shape index (κ1) is 14.1. The van der Waals surface area contributed by atoms with Gasteiger partial charge in [-0.3, -0.25) is 0 Å². The molecule has 0 spiro atoms. The van der Waals surface area contributed by atoms with Crippen molar-refractivity contribution in [1.29, 1.82) is 0 Å². The standard InChI is InChI=1S/C14H10ClFO4/c15-11-12(16)9(14(18)19)6-10(13(11)17)20-7-8-4-2-1-3-5-8/h1-6,17H,7H2,(H,18,19). The molecule has 0 aliphatic rings. The summed E-state index contributed by atoms with van der Waals surface area (Å²) in [6, 6.07) is 9.93. The van der Waals surface area contributed by atoms with Crippen LogP contribution in [0, 0.1) is 5.82 Å². The van der Waals surface area contributed by atoms with E-state index in [1.807, 2.05) is 6.07 Å². The molecule has 6 heteroatoms. The van der Waals surface area contributed by atoms with Gasteiger partial charge in [0.2, 0.25) is 0 Å². The van der Waals surface area contributed by atoms with Crippen LogP contribution in [-0.4, -0.2) is 16.2 Å². The van der Waals surface area contributed by atoms with Gasteiger partial charge in [-0.15, -0.1) is 0 Å². The van der Waals surface area contributed by atoms with Crippen LogP contribution in [0.5, 0.6) is 11.5 Å². The lowest BCUT2D eigenvalue weighted by atomic mass is 10.2. The molecule has 20 heavy (non-hydrogen) atoms. The van der Waals surface area contributed by atoms with Gasteiger partial charge in [-0.1, -0.05) is 41.9 Å². The number of carboxylic acids is 1. The number of carboxylic acid groups (broad SMARTS) is 1. The number of aromatic hydroxyl groups is 1. The zero-order chi connectivity index (χ0) is 14.7. The zero-order valence-electron chi connectivity index (χ0n) is 10.1. The Kier molecular flexibility index (Phi) is 4.10. The minimum absolute atomic E-state index is 0.0927. The molecule has 0 aromatic heterocycles. The molecule has 0 saturated heterocycles. The lowest BCUT2D eigenvalue weighted by Gasteiger charge is -2.11. The van der Waals surface area contributed by atoms with E-state index < -0.39 is 28.1 Å². The Morgan fingerprint density at radius 1 is 1.30 bits per heavy atom. The maximum Gasteiger partial charge on any atom is 0.338 e. The molecule has 0 aliphatic heterocycles. The van der Waals surface area contributed by atoms with Crippen molar-refractivity contribution in [3.8, 4) is 11.5 Å². The van der Waals surface area contributed by atoms with Gasteiger partial charge in [0, 0.05) is 6.07 Å². The van der Waals surface area contributed by atoms with Gasteiger partial charge in [0.15, 0.2) is 17.3 Å². The van der Waals surface area contributed by atoms with Crippen molar-refractivity contribution in [2.75, 3.05) is 0 Å². The van der Waals surface area contributed by atoms with Crippen LogP contribution in [0.3, 0.4) is 0 Å². The minimum atomic E-state index is -1.49. The predicted octanol–water partition coefficient (Wildman–Crippen LogP) is 3.46. The third-order valence-electron chi connectivity index (χ3n) is 2.61. The highest BCUT2D eigenvalue weighted by atomic mass is 35.5. The molecule has 0 unspecified atom stereocenters. The molecule has 104 valence electrons. The highest BCUT2D eigenvalue weighted by Gasteiger charge is 2.21. The van der Waals surface area contributed by atoms with E-state index in [1.54, 1.807) is 24.3 Å². The van der Waals surface area contributed by atoms with Crippen molar-refractivity contribution < 1.29 is 24.1 Å². The van der Waals surface area contributed by atoms with E-state index in [2.05, 4.69) is 0 Å². The molecule has 0 atom stereocenters. The molecular weight excluding hydrogens is 287 g/mol. The first-order chi connectivity index (χ1) is 9.50. The number of carbonyl (C=O) groups is 1. The number of hydrogen-bond donors (Lipinski definition) is 2. The number of hydrogen-bond acceptors (Lipinski definition) is 3.